The lowest BCUT2D eigenvalue weighted by atomic mass is 10.2. The summed E-state index contributed by atoms with van der Waals surface area (Å²) in [5.41, 5.74) is 0.131. The highest BCUT2D eigenvalue weighted by molar-refractivity contribution is 9.10. The zero-order valence-electron chi connectivity index (χ0n) is 12.1. The predicted octanol–water partition coefficient (Wildman–Crippen LogP) is 4.12. The Balaban J connectivity index is 2.60. The van der Waals surface area contributed by atoms with E-state index in [0.717, 1.165) is 0 Å². The van der Waals surface area contributed by atoms with E-state index >= 15 is 0 Å². The Kier molecular flexibility index (Phi) is 6.39. The molecule has 21 heavy (non-hydrogen) atoms. The van der Waals surface area contributed by atoms with E-state index in [4.69, 9.17) is 9.47 Å². The molecule has 0 radical (unpaired) electrons. The maximum atomic E-state index is 12.1. The molecule has 0 spiro atoms. The maximum absolute atomic E-state index is 12.1. The maximum Gasteiger partial charge on any atom is 0.407 e. The summed E-state index contributed by atoms with van der Waals surface area (Å²) >= 11 is 3.26. The summed E-state index contributed by atoms with van der Waals surface area (Å²) in [5.74, 6) is 0.311. The molecule has 0 aliphatic rings. The quantitative estimate of drug-likeness (QED) is 0.853. The number of benzene rings is 1. The van der Waals surface area contributed by atoms with Crippen LogP contribution in [0.2, 0.25) is 0 Å². The number of ether oxygens (including phenoxy) is 2. The minimum absolute atomic E-state index is 0.208. The van der Waals surface area contributed by atoms with Gasteiger partial charge in [-0.05, 0) is 44.5 Å². The van der Waals surface area contributed by atoms with E-state index in [-0.39, 0.29) is 6.54 Å². The van der Waals surface area contributed by atoms with E-state index < -0.39 is 24.7 Å². The summed E-state index contributed by atoms with van der Waals surface area (Å²) in [6.07, 6.45) is -3.08. The third kappa shape index (κ3) is 7.84. The Bertz CT molecular complexity index is 490. The van der Waals surface area contributed by atoms with Crippen LogP contribution < -0.4 is 10.1 Å². The van der Waals surface area contributed by atoms with E-state index in [0.29, 0.717) is 15.8 Å². The number of rotatable bonds is 5. The third-order valence-electron chi connectivity index (χ3n) is 2.14. The SMILES string of the molecule is CC(C)(C)OC(=O)NCc1cc(Br)cc(OCC(F)F)c1. The minimum atomic E-state index is -2.53. The van der Waals surface area contributed by atoms with Gasteiger partial charge in [0, 0.05) is 11.0 Å². The lowest BCUT2D eigenvalue weighted by Crippen LogP contribution is -2.32. The number of carbonyl (C=O) groups excluding carboxylic acids is 1. The lowest BCUT2D eigenvalue weighted by molar-refractivity contribution is 0.0523. The molecule has 0 unspecified atom stereocenters. The molecule has 1 aromatic carbocycles. The Labute approximate surface area is 130 Å². The number of halogens is 3. The molecule has 0 saturated carbocycles. The van der Waals surface area contributed by atoms with Crippen molar-refractivity contribution in [1.29, 1.82) is 0 Å². The average molecular weight is 366 g/mol. The van der Waals surface area contributed by atoms with Crippen molar-refractivity contribution >= 4 is 22.0 Å². The van der Waals surface area contributed by atoms with Crippen LogP contribution in [0, 0.1) is 0 Å². The van der Waals surface area contributed by atoms with E-state index in [1.165, 1.54) is 0 Å². The fraction of sp³-hybridized carbons (Fsp3) is 0.500. The minimum Gasteiger partial charge on any atom is -0.488 e. The molecule has 0 aliphatic carbocycles. The standard InChI is InChI=1S/C14H18BrF2NO3/c1-14(2,3)21-13(19)18-7-9-4-10(15)6-11(5-9)20-8-12(16)17/h4-6,12H,7-8H2,1-3H3,(H,18,19). The van der Waals surface area contributed by atoms with Gasteiger partial charge in [0.05, 0.1) is 0 Å². The summed E-state index contributed by atoms with van der Waals surface area (Å²) in [6.45, 7) is 4.83. The summed E-state index contributed by atoms with van der Waals surface area (Å²) in [6, 6.07) is 4.93. The van der Waals surface area contributed by atoms with Gasteiger partial charge in [0.1, 0.15) is 18.0 Å². The first-order chi connectivity index (χ1) is 9.65. The molecule has 1 aromatic rings. The lowest BCUT2D eigenvalue weighted by Gasteiger charge is -2.19. The van der Waals surface area contributed by atoms with Crippen LogP contribution in [-0.2, 0) is 11.3 Å². The highest BCUT2D eigenvalue weighted by Gasteiger charge is 2.15. The van der Waals surface area contributed by atoms with Crippen molar-refractivity contribution in [3.8, 4) is 5.75 Å². The van der Waals surface area contributed by atoms with Crippen LogP contribution in [0.3, 0.4) is 0 Å². The second kappa shape index (κ2) is 7.59. The number of hydrogen-bond acceptors (Lipinski definition) is 3. The molecule has 7 heteroatoms. The molecule has 0 fully saturated rings. The number of nitrogens with one attached hydrogen (secondary N) is 1. The number of alkyl halides is 2. The molecule has 1 rings (SSSR count). The van der Waals surface area contributed by atoms with Crippen LogP contribution in [0.5, 0.6) is 5.75 Å². The van der Waals surface area contributed by atoms with Gasteiger partial charge in [-0.15, -0.1) is 0 Å². The summed E-state index contributed by atoms with van der Waals surface area (Å²) in [5, 5.41) is 2.59. The number of alkyl carbamates (subject to hydrolysis) is 1. The molecular weight excluding hydrogens is 348 g/mol. The van der Waals surface area contributed by atoms with E-state index in [2.05, 4.69) is 21.2 Å². The molecule has 1 N–H and O–H groups in total. The zero-order chi connectivity index (χ0) is 16.0. The molecule has 1 amide bonds. The van der Waals surface area contributed by atoms with Crippen LogP contribution in [0.4, 0.5) is 13.6 Å². The topological polar surface area (TPSA) is 47.6 Å². The van der Waals surface area contributed by atoms with Gasteiger partial charge in [0.2, 0.25) is 0 Å². The van der Waals surface area contributed by atoms with Gasteiger partial charge in [0.15, 0.2) is 0 Å². The van der Waals surface area contributed by atoms with Gasteiger partial charge in [0.25, 0.3) is 6.43 Å². The molecule has 0 atom stereocenters. The summed E-state index contributed by atoms with van der Waals surface area (Å²) < 4.78 is 35.0. The molecule has 0 aromatic heterocycles. The van der Waals surface area contributed by atoms with Gasteiger partial charge in [-0.1, -0.05) is 15.9 Å². The second-order valence-electron chi connectivity index (χ2n) is 5.35. The fourth-order valence-corrected chi connectivity index (χ4v) is 1.97. The summed E-state index contributed by atoms with van der Waals surface area (Å²) in [7, 11) is 0. The first kappa shape index (κ1) is 17.7. The molecule has 0 saturated heterocycles. The first-order valence-corrected chi connectivity index (χ1v) is 7.12. The Morgan fingerprint density at radius 1 is 1.33 bits per heavy atom. The molecule has 118 valence electrons. The van der Waals surface area contributed by atoms with Crippen LogP contribution in [0.25, 0.3) is 0 Å². The van der Waals surface area contributed by atoms with E-state index in [1.54, 1.807) is 39.0 Å². The zero-order valence-corrected chi connectivity index (χ0v) is 13.7. The Morgan fingerprint density at radius 3 is 2.57 bits per heavy atom. The van der Waals surface area contributed by atoms with Crippen molar-refractivity contribution < 1.29 is 23.0 Å². The monoisotopic (exact) mass is 365 g/mol. The van der Waals surface area contributed by atoms with Crippen LogP contribution in [-0.4, -0.2) is 24.7 Å². The van der Waals surface area contributed by atoms with E-state index in [9.17, 15) is 13.6 Å². The van der Waals surface area contributed by atoms with Crippen LogP contribution in [0.1, 0.15) is 26.3 Å². The molecule has 4 nitrogen and oxygen atoms in total. The van der Waals surface area contributed by atoms with Gasteiger partial charge in [-0.2, -0.15) is 0 Å². The number of hydrogen-bond donors (Lipinski definition) is 1. The normalized spacial score (nSPS) is 11.4. The van der Waals surface area contributed by atoms with Crippen molar-refractivity contribution in [2.24, 2.45) is 0 Å². The number of carbonyl (C=O) groups is 1. The van der Waals surface area contributed by atoms with E-state index in [1.807, 2.05) is 0 Å². The van der Waals surface area contributed by atoms with Gasteiger partial charge >= 0.3 is 6.09 Å². The first-order valence-electron chi connectivity index (χ1n) is 6.33. The highest BCUT2D eigenvalue weighted by atomic mass is 79.9. The van der Waals surface area contributed by atoms with Crippen molar-refractivity contribution in [3.05, 3.63) is 28.2 Å². The highest BCUT2D eigenvalue weighted by Crippen LogP contribution is 2.22. The molecule has 0 bridgehead atoms. The Morgan fingerprint density at radius 2 is 2.00 bits per heavy atom. The van der Waals surface area contributed by atoms with Crippen molar-refractivity contribution in [2.75, 3.05) is 6.61 Å². The van der Waals surface area contributed by atoms with Crippen LogP contribution >= 0.6 is 15.9 Å². The van der Waals surface area contributed by atoms with Crippen molar-refractivity contribution in [2.45, 2.75) is 39.3 Å². The van der Waals surface area contributed by atoms with Gasteiger partial charge in [-0.25, -0.2) is 13.6 Å². The predicted molar refractivity (Wildman–Crippen MR) is 78.7 cm³/mol. The summed E-state index contributed by atoms with van der Waals surface area (Å²) in [4.78, 5) is 11.5. The van der Waals surface area contributed by atoms with Crippen molar-refractivity contribution in [1.82, 2.24) is 5.32 Å². The largest absolute Gasteiger partial charge is 0.488 e. The second-order valence-corrected chi connectivity index (χ2v) is 6.27. The fourth-order valence-electron chi connectivity index (χ4n) is 1.45. The Hall–Kier alpha value is -1.37. The molecule has 0 heterocycles. The van der Waals surface area contributed by atoms with Gasteiger partial charge < -0.3 is 14.8 Å². The van der Waals surface area contributed by atoms with Gasteiger partial charge in [-0.3, -0.25) is 0 Å². The molecule has 0 aliphatic heterocycles. The van der Waals surface area contributed by atoms with Crippen molar-refractivity contribution in [3.63, 3.8) is 0 Å². The molecular formula is C14H18BrF2NO3. The average Bonchev–Trinajstić information content (AvgIpc) is 2.31. The van der Waals surface area contributed by atoms with Crippen LogP contribution in [0.15, 0.2) is 22.7 Å². The smallest absolute Gasteiger partial charge is 0.407 e. The third-order valence-corrected chi connectivity index (χ3v) is 2.60. The number of amides is 1.